The van der Waals surface area contributed by atoms with Gasteiger partial charge in [0.1, 0.15) is 23.8 Å². The number of rotatable bonds is 4. The van der Waals surface area contributed by atoms with Crippen LogP contribution in [0.25, 0.3) is 28.0 Å². The van der Waals surface area contributed by atoms with Crippen LogP contribution in [-0.4, -0.2) is 61.7 Å². The molecular formula is C27H23F2N7O. The number of hydrogen-bond donors (Lipinski definition) is 0. The van der Waals surface area contributed by atoms with Crippen molar-refractivity contribution in [3.63, 3.8) is 0 Å². The van der Waals surface area contributed by atoms with Gasteiger partial charge in [-0.15, -0.1) is 0 Å². The van der Waals surface area contributed by atoms with Crippen molar-refractivity contribution in [2.45, 2.75) is 31.5 Å². The molecule has 2 aliphatic rings. The Morgan fingerprint density at radius 2 is 1.95 bits per heavy atom. The number of benzene rings is 1. The molecule has 1 amide bonds. The molecule has 1 aliphatic heterocycles. The molecule has 3 aromatic heterocycles. The Bertz CT molecular complexity index is 1570. The van der Waals surface area contributed by atoms with Crippen LogP contribution in [0.4, 0.5) is 14.6 Å². The van der Waals surface area contributed by atoms with Crippen molar-refractivity contribution in [1.82, 2.24) is 24.4 Å². The first kappa shape index (κ1) is 23.0. The van der Waals surface area contributed by atoms with Gasteiger partial charge in [-0.2, -0.15) is 5.26 Å². The van der Waals surface area contributed by atoms with Gasteiger partial charge < -0.3 is 9.80 Å². The number of pyridine rings is 1. The molecule has 0 N–H and O–H groups in total. The van der Waals surface area contributed by atoms with Crippen molar-refractivity contribution in [3.8, 4) is 23.0 Å². The fourth-order valence-electron chi connectivity index (χ4n) is 5.00. The summed E-state index contributed by atoms with van der Waals surface area (Å²) in [5.74, 6) is 0.238. The van der Waals surface area contributed by atoms with Crippen LogP contribution in [0.15, 0.2) is 55.1 Å². The molecule has 0 unspecified atom stereocenters. The van der Waals surface area contributed by atoms with Gasteiger partial charge in [0.05, 0.1) is 17.0 Å². The maximum atomic E-state index is 15.0. The fourth-order valence-corrected chi connectivity index (χ4v) is 5.00. The second-order valence-electron chi connectivity index (χ2n) is 9.56. The Morgan fingerprint density at radius 1 is 1.14 bits per heavy atom. The van der Waals surface area contributed by atoms with Gasteiger partial charge in [-0.25, -0.2) is 23.7 Å². The maximum absolute atomic E-state index is 15.0. The molecule has 6 rings (SSSR count). The van der Waals surface area contributed by atoms with Gasteiger partial charge in [-0.1, -0.05) is 18.2 Å². The van der Waals surface area contributed by atoms with E-state index in [0.717, 1.165) is 0 Å². The van der Waals surface area contributed by atoms with Crippen LogP contribution in [0.5, 0.6) is 0 Å². The molecule has 0 radical (unpaired) electrons. The SMILES string of the molecule is C[C@@H]1CN(c2ncnc3c2c(-c2ccccc2F)cn3-c2cc(C#N)ccn2)CCN1C(=O)C1(F)CC1. The Hall–Kier alpha value is -4.39. The molecule has 1 saturated carbocycles. The quantitative estimate of drug-likeness (QED) is 0.421. The molecule has 4 heterocycles. The van der Waals surface area contributed by atoms with E-state index in [0.29, 0.717) is 59.0 Å². The number of fused-ring (bicyclic) bond motifs is 1. The first-order valence-corrected chi connectivity index (χ1v) is 12.1. The average Bonchev–Trinajstić information content (AvgIpc) is 3.56. The molecule has 8 nitrogen and oxygen atoms in total. The molecule has 1 aromatic carbocycles. The Balaban J connectivity index is 1.47. The van der Waals surface area contributed by atoms with Gasteiger partial charge in [-0.05, 0) is 38.0 Å². The van der Waals surface area contributed by atoms with E-state index in [-0.39, 0.29) is 18.9 Å². The summed E-state index contributed by atoms with van der Waals surface area (Å²) in [5.41, 5.74) is 0.203. The van der Waals surface area contributed by atoms with E-state index in [4.69, 9.17) is 0 Å². The van der Waals surface area contributed by atoms with Crippen LogP contribution in [0.3, 0.4) is 0 Å². The first-order valence-electron chi connectivity index (χ1n) is 12.1. The Morgan fingerprint density at radius 3 is 2.68 bits per heavy atom. The highest BCUT2D eigenvalue weighted by Crippen LogP contribution is 2.43. The molecule has 0 bridgehead atoms. The topological polar surface area (TPSA) is 90.9 Å². The zero-order chi connectivity index (χ0) is 25.7. The van der Waals surface area contributed by atoms with Crippen molar-refractivity contribution in [2.75, 3.05) is 24.5 Å². The van der Waals surface area contributed by atoms with Crippen LogP contribution >= 0.6 is 0 Å². The second kappa shape index (κ2) is 8.62. The van der Waals surface area contributed by atoms with E-state index in [1.807, 2.05) is 11.8 Å². The highest BCUT2D eigenvalue weighted by molar-refractivity contribution is 6.02. The third-order valence-electron chi connectivity index (χ3n) is 7.11. The Kier molecular flexibility index (Phi) is 5.37. The van der Waals surface area contributed by atoms with Crippen molar-refractivity contribution in [1.29, 1.82) is 5.26 Å². The number of nitrogens with zero attached hydrogens (tertiary/aromatic N) is 7. The van der Waals surface area contributed by atoms with Gasteiger partial charge in [0.25, 0.3) is 5.91 Å². The number of carbonyl (C=O) groups is 1. The van der Waals surface area contributed by atoms with Crippen LogP contribution in [0.2, 0.25) is 0 Å². The Labute approximate surface area is 211 Å². The van der Waals surface area contributed by atoms with Crippen LogP contribution in [0.1, 0.15) is 25.3 Å². The van der Waals surface area contributed by atoms with E-state index >= 15 is 4.39 Å². The summed E-state index contributed by atoms with van der Waals surface area (Å²) in [6, 6.07) is 11.6. The summed E-state index contributed by atoms with van der Waals surface area (Å²) >= 11 is 0. The number of amides is 1. The van der Waals surface area contributed by atoms with E-state index in [1.54, 1.807) is 52.2 Å². The van der Waals surface area contributed by atoms with E-state index in [9.17, 15) is 14.4 Å². The lowest BCUT2D eigenvalue weighted by molar-refractivity contribution is -0.140. The van der Waals surface area contributed by atoms with Crippen molar-refractivity contribution in [3.05, 3.63) is 66.5 Å². The summed E-state index contributed by atoms with van der Waals surface area (Å²) in [4.78, 5) is 29.8. The lowest BCUT2D eigenvalue weighted by Gasteiger charge is -2.41. The minimum absolute atomic E-state index is 0.229. The maximum Gasteiger partial charge on any atom is 0.260 e. The molecule has 1 atom stereocenters. The first-order chi connectivity index (χ1) is 17.9. The standard InChI is InChI=1S/C27H23F2N7O/c1-17-14-34(10-11-35(17)26(37)27(29)7-8-27)24-23-20(19-4-2-3-5-21(19)28)15-36(25(23)33-16-32-24)22-12-18(13-30)6-9-31-22/h2-6,9,12,15-17H,7-8,10-11,14H2,1H3/t17-/m1/s1. The highest BCUT2D eigenvalue weighted by Gasteiger charge is 2.54. The minimum atomic E-state index is -1.71. The third kappa shape index (κ3) is 3.87. The van der Waals surface area contributed by atoms with Crippen molar-refractivity contribution >= 4 is 22.8 Å². The second-order valence-corrected chi connectivity index (χ2v) is 9.56. The molecular weight excluding hydrogens is 476 g/mol. The van der Waals surface area contributed by atoms with Crippen LogP contribution in [0, 0.1) is 17.1 Å². The average molecular weight is 500 g/mol. The molecule has 10 heteroatoms. The minimum Gasteiger partial charge on any atom is -0.352 e. The lowest BCUT2D eigenvalue weighted by Crippen LogP contribution is -2.56. The highest BCUT2D eigenvalue weighted by atomic mass is 19.1. The number of hydrogen-bond acceptors (Lipinski definition) is 6. The summed E-state index contributed by atoms with van der Waals surface area (Å²) in [5, 5.41) is 10.0. The normalized spacial score (nSPS) is 18.6. The van der Waals surface area contributed by atoms with Crippen LogP contribution < -0.4 is 4.90 Å². The lowest BCUT2D eigenvalue weighted by atomic mass is 10.0. The fraction of sp³-hybridized carbons (Fsp3) is 0.296. The molecule has 186 valence electrons. The van der Waals surface area contributed by atoms with Crippen molar-refractivity contribution < 1.29 is 13.6 Å². The number of piperazine rings is 1. The van der Waals surface area contributed by atoms with Crippen molar-refractivity contribution in [2.24, 2.45) is 0 Å². The zero-order valence-electron chi connectivity index (χ0n) is 20.1. The van der Waals surface area contributed by atoms with Gasteiger partial charge in [0, 0.05) is 49.2 Å². The summed E-state index contributed by atoms with van der Waals surface area (Å²) < 4.78 is 31.2. The molecule has 2 fully saturated rings. The number of anilines is 1. The molecule has 4 aromatic rings. The van der Waals surface area contributed by atoms with E-state index in [1.165, 1.54) is 12.4 Å². The van der Waals surface area contributed by atoms with Gasteiger partial charge in [0.2, 0.25) is 0 Å². The predicted octanol–water partition coefficient (Wildman–Crippen LogP) is 4.03. The van der Waals surface area contributed by atoms with Gasteiger partial charge >= 0.3 is 0 Å². The van der Waals surface area contributed by atoms with Gasteiger partial charge in [-0.3, -0.25) is 9.36 Å². The van der Waals surface area contributed by atoms with E-state index < -0.39 is 17.4 Å². The number of carbonyl (C=O) groups excluding carboxylic acids is 1. The predicted molar refractivity (Wildman–Crippen MR) is 133 cm³/mol. The van der Waals surface area contributed by atoms with E-state index in [2.05, 4.69) is 21.0 Å². The summed E-state index contributed by atoms with van der Waals surface area (Å²) in [7, 11) is 0. The summed E-state index contributed by atoms with van der Waals surface area (Å²) in [6.07, 6.45) is 5.31. The monoisotopic (exact) mass is 499 g/mol. The molecule has 0 spiro atoms. The molecule has 37 heavy (non-hydrogen) atoms. The zero-order valence-corrected chi connectivity index (χ0v) is 20.1. The van der Waals surface area contributed by atoms with Gasteiger partial charge in [0.15, 0.2) is 11.3 Å². The largest absolute Gasteiger partial charge is 0.352 e. The molecule has 1 aliphatic carbocycles. The number of halogens is 2. The number of aromatic nitrogens is 4. The smallest absolute Gasteiger partial charge is 0.260 e. The third-order valence-corrected chi connectivity index (χ3v) is 7.11. The number of nitriles is 1. The van der Waals surface area contributed by atoms with Crippen LogP contribution in [-0.2, 0) is 4.79 Å². The molecule has 1 saturated heterocycles. The summed E-state index contributed by atoms with van der Waals surface area (Å²) in [6.45, 7) is 3.15. The number of alkyl halides is 1.